The van der Waals surface area contributed by atoms with Crippen LogP contribution in [0.25, 0.3) is 11.3 Å². The van der Waals surface area contributed by atoms with Crippen molar-refractivity contribution in [1.29, 1.82) is 0 Å². The third-order valence-electron chi connectivity index (χ3n) is 2.63. The van der Waals surface area contributed by atoms with Crippen molar-refractivity contribution in [3.8, 4) is 17.0 Å². The Morgan fingerprint density at radius 2 is 2.24 bits per heavy atom. The fourth-order valence-corrected chi connectivity index (χ4v) is 1.82. The molecule has 17 heavy (non-hydrogen) atoms. The van der Waals surface area contributed by atoms with E-state index >= 15 is 0 Å². The summed E-state index contributed by atoms with van der Waals surface area (Å²) in [6.45, 7) is 2.00. The number of ether oxygens (including phenoxy) is 1. The minimum atomic E-state index is -0.129. The van der Waals surface area contributed by atoms with Gasteiger partial charge in [0, 0.05) is 5.56 Å². The summed E-state index contributed by atoms with van der Waals surface area (Å²) >= 11 is 0. The van der Waals surface area contributed by atoms with Gasteiger partial charge in [-0.1, -0.05) is 0 Å². The van der Waals surface area contributed by atoms with Gasteiger partial charge in [0.1, 0.15) is 5.75 Å². The number of rotatable bonds is 1. The summed E-state index contributed by atoms with van der Waals surface area (Å²) in [7, 11) is 0. The van der Waals surface area contributed by atoms with Gasteiger partial charge in [0.05, 0.1) is 17.1 Å². The van der Waals surface area contributed by atoms with Crippen LogP contribution in [-0.2, 0) is 4.79 Å². The van der Waals surface area contributed by atoms with Crippen LogP contribution < -0.4 is 10.1 Å². The van der Waals surface area contributed by atoms with E-state index in [-0.39, 0.29) is 12.5 Å². The summed E-state index contributed by atoms with van der Waals surface area (Å²) in [5.74, 6) is 0.569. The molecule has 2 heterocycles. The molecule has 5 heteroatoms. The van der Waals surface area contributed by atoms with Crippen LogP contribution in [0.1, 0.15) is 5.69 Å². The number of aromatic nitrogens is 2. The lowest BCUT2D eigenvalue weighted by Gasteiger charge is -2.18. The normalized spacial score (nSPS) is 13.8. The van der Waals surface area contributed by atoms with Gasteiger partial charge in [-0.2, -0.15) is 5.10 Å². The Labute approximate surface area is 97.8 Å². The van der Waals surface area contributed by atoms with Crippen molar-refractivity contribution in [3.05, 3.63) is 30.0 Å². The molecule has 5 nitrogen and oxygen atoms in total. The van der Waals surface area contributed by atoms with Crippen LogP contribution in [0.4, 0.5) is 5.69 Å². The number of aromatic amines is 1. The van der Waals surface area contributed by atoms with Gasteiger partial charge >= 0.3 is 0 Å². The number of nitrogens with one attached hydrogen (secondary N) is 2. The molecule has 2 aromatic rings. The van der Waals surface area contributed by atoms with Crippen molar-refractivity contribution in [1.82, 2.24) is 10.2 Å². The zero-order valence-electron chi connectivity index (χ0n) is 9.28. The van der Waals surface area contributed by atoms with Crippen LogP contribution >= 0.6 is 0 Å². The predicted molar refractivity (Wildman–Crippen MR) is 62.9 cm³/mol. The van der Waals surface area contributed by atoms with E-state index in [1.165, 1.54) is 0 Å². The molecule has 1 amide bonds. The van der Waals surface area contributed by atoms with E-state index in [4.69, 9.17) is 4.74 Å². The number of aryl methyl sites for hydroxylation is 1. The summed E-state index contributed by atoms with van der Waals surface area (Å²) in [6.07, 6.45) is 0. The average Bonchev–Trinajstić information content (AvgIpc) is 2.75. The first-order valence-corrected chi connectivity index (χ1v) is 5.31. The molecule has 1 aromatic heterocycles. The second-order valence-corrected chi connectivity index (χ2v) is 3.97. The summed E-state index contributed by atoms with van der Waals surface area (Å²) < 4.78 is 5.29. The van der Waals surface area contributed by atoms with Gasteiger partial charge in [0.2, 0.25) is 0 Å². The standard InChI is InChI=1S/C12H11N3O2/c1-7-4-9(15-14-7)8-2-3-11-10(5-8)13-12(16)6-17-11/h2-5H,6H2,1H3,(H,13,16)(H,14,15). The number of H-pyrrole nitrogens is 1. The lowest BCUT2D eigenvalue weighted by molar-refractivity contribution is -0.118. The van der Waals surface area contributed by atoms with Crippen LogP contribution in [0.2, 0.25) is 0 Å². The molecule has 86 valence electrons. The molecule has 0 spiro atoms. The zero-order chi connectivity index (χ0) is 11.8. The van der Waals surface area contributed by atoms with E-state index in [9.17, 15) is 4.79 Å². The number of carbonyl (C=O) groups is 1. The van der Waals surface area contributed by atoms with E-state index in [0.29, 0.717) is 11.4 Å². The van der Waals surface area contributed by atoms with Crippen molar-refractivity contribution in [3.63, 3.8) is 0 Å². The van der Waals surface area contributed by atoms with Crippen molar-refractivity contribution < 1.29 is 9.53 Å². The average molecular weight is 229 g/mol. The summed E-state index contributed by atoms with van der Waals surface area (Å²) in [6, 6.07) is 7.61. The van der Waals surface area contributed by atoms with Crippen LogP contribution in [0, 0.1) is 6.92 Å². The highest BCUT2D eigenvalue weighted by molar-refractivity contribution is 5.96. The van der Waals surface area contributed by atoms with Crippen LogP contribution in [0.5, 0.6) is 5.75 Å². The van der Waals surface area contributed by atoms with E-state index < -0.39 is 0 Å². The third-order valence-corrected chi connectivity index (χ3v) is 2.63. The quantitative estimate of drug-likeness (QED) is 0.782. The van der Waals surface area contributed by atoms with Crippen molar-refractivity contribution in [2.24, 2.45) is 0 Å². The molecular weight excluding hydrogens is 218 g/mol. The highest BCUT2D eigenvalue weighted by atomic mass is 16.5. The van der Waals surface area contributed by atoms with Crippen molar-refractivity contribution >= 4 is 11.6 Å². The molecule has 2 N–H and O–H groups in total. The molecule has 3 rings (SSSR count). The molecule has 0 fully saturated rings. The van der Waals surface area contributed by atoms with Crippen LogP contribution in [-0.4, -0.2) is 22.7 Å². The smallest absolute Gasteiger partial charge is 0.262 e. The monoisotopic (exact) mass is 229 g/mol. The SMILES string of the molecule is Cc1cc(-c2ccc3c(c2)NC(=O)CO3)[nH]n1. The van der Waals surface area contributed by atoms with Crippen LogP contribution in [0.3, 0.4) is 0 Å². The number of amides is 1. The molecule has 1 aliphatic rings. The molecular formula is C12H11N3O2. The van der Waals surface area contributed by atoms with E-state index in [1.54, 1.807) is 0 Å². The maximum Gasteiger partial charge on any atom is 0.262 e. The molecule has 0 aliphatic carbocycles. The fourth-order valence-electron chi connectivity index (χ4n) is 1.82. The molecule has 1 aromatic carbocycles. The van der Waals surface area contributed by atoms with Gasteiger partial charge < -0.3 is 10.1 Å². The van der Waals surface area contributed by atoms with Crippen LogP contribution in [0.15, 0.2) is 24.3 Å². The minimum Gasteiger partial charge on any atom is -0.482 e. The van der Waals surface area contributed by atoms with Gasteiger partial charge in [-0.05, 0) is 31.2 Å². The van der Waals surface area contributed by atoms with Gasteiger partial charge in [-0.25, -0.2) is 0 Å². The second-order valence-electron chi connectivity index (χ2n) is 3.97. The molecule has 0 saturated carbocycles. The molecule has 0 unspecified atom stereocenters. The lowest BCUT2D eigenvalue weighted by atomic mass is 10.1. The van der Waals surface area contributed by atoms with Gasteiger partial charge in [0.15, 0.2) is 6.61 Å². The number of hydrogen-bond acceptors (Lipinski definition) is 3. The largest absolute Gasteiger partial charge is 0.482 e. The molecule has 1 aliphatic heterocycles. The number of hydrogen-bond donors (Lipinski definition) is 2. The molecule has 0 radical (unpaired) electrons. The van der Waals surface area contributed by atoms with E-state index in [1.807, 2.05) is 31.2 Å². The summed E-state index contributed by atoms with van der Waals surface area (Å²) in [5, 5.41) is 9.79. The Morgan fingerprint density at radius 3 is 3.00 bits per heavy atom. The summed E-state index contributed by atoms with van der Waals surface area (Å²) in [5.41, 5.74) is 3.52. The molecule has 0 saturated heterocycles. The third kappa shape index (κ3) is 1.75. The molecule has 0 atom stereocenters. The first kappa shape index (κ1) is 9.89. The highest BCUT2D eigenvalue weighted by Gasteiger charge is 2.16. The number of fused-ring (bicyclic) bond motifs is 1. The number of carbonyl (C=O) groups excluding carboxylic acids is 1. The highest BCUT2D eigenvalue weighted by Crippen LogP contribution is 2.31. The Balaban J connectivity index is 2.03. The minimum absolute atomic E-state index is 0.0789. The summed E-state index contributed by atoms with van der Waals surface area (Å²) in [4.78, 5) is 11.2. The lowest BCUT2D eigenvalue weighted by Crippen LogP contribution is -2.25. The second kappa shape index (κ2) is 3.62. The van der Waals surface area contributed by atoms with E-state index in [0.717, 1.165) is 17.0 Å². The van der Waals surface area contributed by atoms with Crippen molar-refractivity contribution in [2.45, 2.75) is 6.92 Å². The number of benzene rings is 1. The topological polar surface area (TPSA) is 67.0 Å². The van der Waals surface area contributed by atoms with Gasteiger partial charge in [0.25, 0.3) is 5.91 Å². The predicted octanol–water partition coefficient (Wildman–Crippen LogP) is 1.72. The first-order chi connectivity index (χ1) is 8.22. The van der Waals surface area contributed by atoms with Gasteiger partial charge in [-0.15, -0.1) is 0 Å². The fraction of sp³-hybridized carbons (Fsp3) is 0.167. The maximum absolute atomic E-state index is 11.2. The first-order valence-electron chi connectivity index (χ1n) is 5.31. The molecule has 0 bridgehead atoms. The zero-order valence-corrected chi connectivity index (χ0v) is 9.28. The van der Waals surface area contributed by atoms with Gasteiger partial charge in [-0.3, -0.25) is 9.89 Å². The maximum atomic E-state index is 11.2. The Kier molecular flexibility index (Phi) is 2.11. The van der Waals surface area contributed by atoms with Crippen molar-refractivity contribution in [2.75, 3.05) is 11.9 Å². The number of anilines is 1. The number of nitrogens with zero attached hydrogens (tertiary/aromatic N) is 1. The van der Waals surface area contributed by atoms with E-state index in [2.05, 4.69) is 15.5 Å². The Bertz CT molecular complexity index is 589. The Morgan fingerprint density at radius 1 is 1.35 bits per heavy atom. The Hall–Kier alpha value is -2.30.